The maximum atomic E-state index is 12.4. The summed E-state index contributed by atoms with van der Waals surface area (Å²) >= 11 is 1.28. The molecule has 8 nitrogen and oxygen atoms in total. The van der Waals surface area contributed by atoms with Crippen LogP contribution in [0.3, 0.4) is 0 Å². The van der Waals surface area contributed by atoms with Gasteiger partial charge >= 0.3 is 5.97 Å². The molecule has 0 saturated heterocycles. The summed E-state index contributed by atoms with van der Waals surface area (Å²) in [6, 6.07) is 12.1. The molecule has 0 saturated carbocycles. The Morgan fingerprint density at radius 1 is 1.21 bits per heavy atom. The molecule has 150 valence electrons. The number of thiazole rings is 1. The van der Waals surface area contributed by atoms with Crippen molar-refractivity contribution in [1.82, 2.24) is 14.8 Å². The SMILES string of the molecule is CCCn1nc(C(=O)OC(C)C(=O)Nc2nc(-c3ccccc3)cs2)ccc1=O. The van der Waals surface area contributed by atoms with Crippen molar-refractivity contribution in [2.45, 2.75) is 32.9 Å². The van der Waals surface area contributed by atoms with Crippen LogP contribution in [0.4, 0.5) is 5.13 Å². The molecule has 1 atom stereocenters. The van der Waals surface area contributed by atoms with Crippen molar-refractivity contribution in [3.05, 3.63) is 63.9 Å². The predicted molar refractivity (Wildman–Crippen MR) is 110 cm³/mol. The molecule has 29 heavy (non-hydrogen) atoms. The number of rotatable bonds is 7. The number of hydrogen-bond donors (Lipinski definition) is 1. The minimum absolute atomic E-state index is 0.0293. The Labute approximate surface area is 171 Å². The van der Waals surface area contributed by atoms with Crippen LogP contribution in [0.5, 0.6) is 0 Å². The number of aromatic nitrogens is 3. The highest BCUT2D eigenvalue weighted by atomic mass is 32.1. The highest BCUT2D eigenvalue weighted by molar-refractivity contribution is 7.14. The van der Waals surface area contributed by atoms with Gasteiger partial charge < -0.3 is 4.74 Å². The first-order valence-electron chi connectivity index (χ1n) is 9.09. The highest BCUT2D eigenvalue weighted by Gasteiger charge is 2.21. The van der Waals surface area contributed by atoms with E-state index in [1.807, 2.05) is 42.6 Å². The summed E-state index contributed by atoms with van der Waals surface area (Å²) in [5.41, 5.74) is 1.36. The molecule has 1 unspecified atom stereocenters. The summed E-state index contributed by atoms with van der Waals surface area (Å²) in [6.45, 7) is 3.75. The number of hydrogen-bond acceptors (Lipinski definition) is 7. The minimum Gasteiger partial charge on any atom is -0.448 e. The number of nitrogens with one attached hydrogen (secondary N) is 1. The van der Waals surface area contributed by atoms with E-state index in [9.17, 15) is 14.4 Å². The predicted octanol–water partition coefficient (Wildman–Crippen LogP) is 2.96. The quantitative estimate of drug-likeness (QED) is 0.599. The Kier molecular flexibility index (Phi) is 6.50. The van der Waals surface area contributed by atoms with Crippen LogP contribution in [-0.2, 0) is 16.1 Å². The number of carbonyl (C=O) groups excluding carboxylic acids is 2. The van der Waals surface area contributed by atoms with Gasteiger partial charge in [0.25, 0.3) is 11.5 Å². The lowest BCUT2D eigenvalue weighted by Crippen LogP contribution is -2.31. The number of anilines is 1. The molecule has 1 N–H and O–H groups in total. The smallest absolute Gasteiger partial charge is 0.359 e. The fourth-order valence-electron chi connectivity index (χ4n) is 2.48. The van der Waals surface area contributed by atoms with E-state index in [1.54, 1.807) is 0 Å². The van der Waals surface area contributed by atoms with Crippen LogP contribution < -0.4 is 10.9 Å². The molecule has 1 amide bonds. The van der Waals surface area contributed by atoms with Crippen LogP contribution in [0.15, 0.2) is 52.6 Å². The van der Waals surface area contributed by atoms with Crippen molar-refractivity contribution in [2.75, 3.05) is 5.32 Å². The van der Waals surface area contributed by atoms with Gasteiger partial charge in [-0.1, -0.05) is 37.3 Å². The summed E-state index contributed by atoms with van der Waals surface area (Å²) < 4.78 is 6.38. The van der Waals surface area contributed by atoms with Crippen LogP contribution in [0.25, 0.3) is 11.3 Å². The summed E-state index contributed by atoms with van der Waals surface area (Å²) in [6.07, 6.45) is -0.358. The second-order valence-corrected chi connectivity index (χ2v) is 7.08. The average molecular weight is 412 g/mol. The van der Waals surface area contributed by atoms with E-state index < -0.39 is 18.0 Å². The van der Waals surface area contributed by atoms with Crippen LogP contribution in [0.1, 0.15) is 30.8 Å². The summed E-state index contributed by atoms with van der Waals surface area (Å²) in [5.74, 6) is -1.28. The van der Waals surface area contributed by atoms with E-state index in [0.717, 1.165) is 11.3 Å². The molecule has 0 fully saturated rings. The third kappa shape index (κ3) is 5.14. The molecule has 2 aromatic heterocycles. The van der Waals surface area contributed by atoms with Crippen molar-refractivity contribution in [3.8, 4) is 11.3 Å². The number of carbonyl (C=O) groups is 2. The zero-order valence-electron chi connectivity index (χ0n) is 16.0. The molecule has 3 aromatic rings. The molecule has 0 aliphatic rings. The molecule has 0 aliphatic heterocycles. The molecular weight excluding hydrogens is 392 g/mol. The number of amides is 1. The van der Waals surface area contributed by atoms with Crippen LogP contribution in [0, 0.1) is 0 Å². The normalized spacial score (nSPS) is 11.7. The minimum atomic E-state index is -1.06. The van der Waals surface area contributed by atoms with Crippen LogP contribution in [0.2, 0.25) is 0 Å². The van der Waals surface area contributed by atoms with Gasteiger partial charge in [-0.3, -0.25) is 14.9 Å². The Bertz CT molecular complexity index is 1060. The number of nitrogens with zero attached hydrogens (tertiary/aromatic N) is 3. The number of ether oxygens (including phenoxy) is 1. The Balaban J connectivity index is 1.62. The Morgan fingerprint density at radius 3 is 2.69 bits per heavy atom. The van der Waals surface area contributed by atoms with Gasteiger partial charge in [0.1, 0.15) is 0 Å². The van der Waals surface area contributed by atoms with Gasteiger partial charge in [0.05, 0.1) is 5.69 Å². The van der Waals surface area contributed by atoms with Crippen molar-refractivity contribution in [1.29, 1.82) is 0 Å². The zero-order chi connectivity index (χ0) is 20.8. The van der Waals surface area contributed by atoms with Gasteiger partial charge in [-0.2, -0.15) is 5.10 Å². The zero-order valence-corrected chi connectivity index (χ0v) is 16.8. The third-order valence-electron chi connectivity index (χ3n) is 3.97. The molecule has 0 aliphatic carbocycles. The molecule has 3 rings (SSSR count). The standard InChI is InChI=1S/C20H20N4O4S/c1-3-11-24-17(25)10-9-15(23-24)19(27)28-13(2)18(26)22-20-21-16(12-29-20)14-7-5-4-6-8-14/h4-10,12-13H,3,11H2,1-2H3,(H,21,22,26). The van der Waals surface area contributed by atoms with E-state index in [1.165, 1.54) is 35.1 Å². The average Bonchev–Trinajstić information content (AvgIpc) is 3.19. The van der Waals surface area contributed by atoms with Gasteiger partial charge in [-0.05, 0) is 19.4 Å². The number of benzene rings is 1. The second kappa shape index (κ2) is 9.24. The Hall–Kier alpha value is -3.33. The Morgan fingerprint density at radius 2 is 1.97 bits per heavy atom. The summed E-state index contributed by atoms with van der Waals surface area (Å²) in [4.78, 5) is 40.7. The lowest BCUT2D eigenvalue weighted by atomic mass is 10.2. The van der Waals surface area contributed by atoms with Gasteiger partial charge in [-0.15, -0.1) is 11.3 Å². The molecule has 2 heterocycles. The van der Waals surface area contributed by atoms with E-state index in [2.05, 4.69) is 15.4 Å². The number of aryl methyl sites for hydroxylation is 1. The molecule has 0 spiro atoms. The highest BCUT2D eigenvalue weighted by Crippen LogP contribution is 2.24. The second-order valence-electron chi connectivity index (χ2n) is 6.22. The maximum Gasteiger partial charge on any atom is 0.359 e. The third-order valence-corrected chi connectivity index (χ3v) is 4.73. The maximum absolute atomic E-state index is 12.4. The first kappa shape index (κ1) is 20.4. The topological polar surface area (TPSA) is 103 Å². The summed E-state index contributed by atoms with van der Waals surface area (Å²) in [7, 11) is 0. The molecule has 9 heteroatoms. The van der Waals surface area contributed by atoms with Gasteiger partial charge in [0.15, 0.2) is 16.9 Å². The molecular formula is C20H20N4O4S. The largest absolute Gasteiger partial charge is 0.448 e. The van der Waals surface area contributed by atoms with E-state index in [-0.39, 0.29) is 11.3 Å². The van der Waals surface area contributed by atoms with Crippen LogP contribution >= 0.6 is 11.3 Å². The van der Waals surface area contributed by atoms with Crippen LogP contribution in [-0.4, -0.2) is 32.7 Å². The molecule has 0 radical (unpaired) electrons. The van der Waals surface area contributed by atoms with Crippen molar-refractivity contribution in [2.24, 2.45) is 0 Å². The summed E-state index contributed by atoms with van der Waals surface area (Å²) in [5, 5.41) is 8.87. The first-order chi connectivity index (χ1) is 14.0. The molecule has 1 aromatic carbocycles. The fraction of sp³-hybridized carbons (Fsp3) is 0.250. The lowest BCUT2D eigenvalue weighted by molar-refractivity contribution is -0.123. The monoisotopic (exact) mass is 412 g/mol. The van der Waals surface area contributed by atoms with Crippen molar-refractivity contribution >= 4 is 28.3 Å². The van der Waals surface area contributed by atoms with Gasteiger partial charge in [0.2, 0.25) is 0 Å². The van der Waals surface area contributed by atoms with E-state index >= 15 is 0 Å². The van der Waals surface area contributed by atoms with Gasteiger partial charge in [0, 0.05) is 23.6 Å². The van der Waals surface area contributed by atoms with Gasteiger partial charge in [-0.25, -0.2) is 14.5 Å². The van der Waals surface area contributed by atoms with Crippen molar-refractivity contribution < 1.29 is 14.3 Å². The fourth-order valence-corrected chi connectivity index (χ4v) is 3.21. The lowest BCUT2D eigenvalue weighted by Gasteiger charge is -2.12. The number of esters is 1. The molecule has 0 bridgehead atoms. The van der Waals surface area contributed by atoms with Crippen molar-refractivity contribution in [3.63, 3.8) is 0 Å². The van der Waals surface area contributed by atoms with E-state index in [0.29, 0.717) is 18.1 Å². The van der Waals surface area contributed by atoms with E-state index in [4.69, 9.17) is 4.74 Å². The first-order valence-corrected chi connectivity index (χ1v) is 9.97.